The Morgan fingerprint density at radius 2 is 1.88 bits per heavy atom. The number of aromatic amines is 1. The van der Waals surface area contributed by atoms with Gasteiger partial charge in [-0.25, -0.2) is 4.39 Å². The van der Waals surface area contributed by atoms with Crippen LogP contribution in [0.5, 0.6) is 0 Å². The van der Waals surface area contributed by atoms with E-state index in [0.29, 0.717) is 12.5 Å². The average Bonchev–Trinajstić information content (AvgIpc) is 3.43. The normalized spacial score (nSPS) is 16.8. The maximum absolute atomic E-state index is 14.0. The molecule has 0 spiro atoms. The first-order valence-electron chi connectivity index (χ1n) is 11.9. The van der Waals surface area contributed by atoms with E-state index < -0.39 is 0 Å². The fourth-order valence-corrected chi connectivity index (χ4v) is 5.60. The minimum atomic E-state index is -0.229. The third kappa shape index (κ3) is 3.70. The minimum absolute atomic E-state index is 0.229. The summed E-state index contributed by atoms with van der Waals surface area (Å²) in [5, 5.41) is 9.91. The van der Waals surface area contributed by atoms with E-state index in [0.717, 1.165) is 55.6 Å². The molecule has 0 aliphatic carbocycles. The predicted molar refractivity (Wildman–Crippen MR) is 128 cm³/mol. The van der Waals surface area contributed by atoms with Gasteiger partial charge in [0.1, 0.15) is 11.6 Å². The molecule has 0 radical (unpaired) electrons. The number of aryl methyl sites for hydroxylation is 1. The lowest BCUT2D eigenvalue weighted by molar-refractivity contribution is 0.211. The monoisotopic (exact) mass is 444 g/mol. The minimum Gasteiger partial charge on any atom is -0.362 e. The molecule has 4 aromatic rings. The maximum atomic E-state index is 14.0. The summed E-state index contributed by atoms with van der Waals surface area (Å²) in [7, 11) is 0. The lowest BCUT2D eigenvalue weighted by Crippen LogP contribution is -2.36. The molecule has 170 valence electrons. The molecule has 2 aliphatic rings. The van der Waals surface area contributed by atoms with Crippen molar-refractivity contribution in [2.75, 3.05) is 31.1 Å². The zero-order valence-electron chi connectivity index (χ0n) is 19.0. The van der Waals surface area contributed by atoms with E-state index in [4.69, 9.17) is 0 Å². The van der Waals surface area contributed by atoms with Crippen LogP contribution >= 0.6 is 0 Å². The lowest BCUT2D eigenvalue weighted by Gasteiger charge is -2.34. The summed E-state index contributed by atoms with van der Waals surface area (Å²) in [6.45, 7) is 6.91. The first-order valence-corrected chi connectivity index (χ1v) is 11.9. The fourth-order valence-electron chi connectivity index (χ4n) is 5.60. The van der Waals surface area contributed by atoms with Crippen molar-refractivity contribution in [1.82, 2.24) is 24.6 Å². The fraction of sp³-hybridized carbons (Fsp3) is 0.385. The number of nitrogens with one attached hydrogen (secondary N) is 1. The number of aromatic nitrogens is 4. The number of fused-ring (bicyclic) bond motifs is 4. The molecule has 2 aliphatic heterocycles. The van der Waals surface area contributed by atoms with Gasteiger partial charge in [-0.1, -0.05) is 18.2 Å². The number of nitrogens with zero attached hydrogens (tertiary/aromatic N) is 5. The topological polar surface area (TPSA) is 53.0 Å². The molecule has 1 N–H and O–H groups in total. The van der Waals surface area contributed by atoms with E-state index in [1.807, 2.05) is 17.6 Å². The van der Waals surface area contributed by atoms with Gasteiger partial charge in [-0.3, -0.25) is 4.57 Å². The molecule has 0 atom stereocenters. The number of halogens is 1. The molecule has 1 fully saturated rings. The Morgan fingerprint density at radius 3 is 2.76 bits per heavy atom. The van der Waals surface area contributed by atoms with Crippen LogP contribution in [-0.2, 0) is 6.54 Å². The first-order chi connectivity index (χ1) is 16.2. The Hall–Kier alpha value is -3.19. The first kappa shape index (κ1) is 20.4. The molecule has 33 heavy (non-hydrogen) atoms. The van der Waals surface area contributed by atoms with Crippen molar-refractivity contribution in [3.05, 3.63) is 71.7 Å². The SMILES string of the molecule is Cc1nnc2n1-c1cc(F)ccc1N(CCCN1CCC(c3c[nH]c4ccccc34)CC1)C2. The number of H-pyrrole nitrogens is 1. The standard InChI is InChI=1S/C26H29FN6/c1-18-29-30-26-17-32(24-8-7-20(27)15-25(24)33(18)26)12-4-11-31-13-9-19(10-14-31)22-16-28-23-6-3-2-5-21(22)23/h2-3,5-8,15-16,19,28H,4,9-14,17H2,1H3. The van der Waals surface area contributed by atoms with Crippen LogP contribution in [0.4, 0.5) is 10.1 Å². The highest BCUT2D eigenvalue weighted by atomic mass is 19.1. The van der Waals surface area contributed by atoms with Crippen molar-refractivity contribution >= 4 is 16.6 Å². The van der Waals surface area contributed by atoms with Crippen molar-refractivity contribution in [1.29, 1.82) is 0 Å². The zero-order valence-corrected chi connectivity index (χ0v) is 19.0. The van der Waals surface area contributed by atoms with Crippen LogP contribution in [0.2, 0.25) is 0 Å². The van der Waals surface area contributed by atoms with Crippen LogP contribution in [0.25, 0.3) is 16.6 Å². The van der Waals surface area contributed by atoms with Crippen LogP contribution in [0.1, 0.15) is 42.4 Å². The van der Waals surface area contributed by atoms with Crippen LogP contribution in [-0.4, -0.2) is 50.8 Å². The van der Waals surface area contributed by atoms with Gasteiger partial charge in [0.15, 0.2) is 5.82 Å². The Kier molecular flexibility index (Phi) is 5.14. The van der Waals surface area contributed by atoms with E-state index in [2.05, 4.69) is 55.4 Å². The van der Waals surface area contributed by atoms with Crippen molar-refractivity contribution in [3.63, 3.8) is 0 Å². The number of hydrogen-bond acceptors (Lipinski definition) is 4. The Balaban J connectivity index is 1.07. The van der Waals surface area contributed by atoms with Gasteiger partial charge in [0.2, 0.25) is 0 Å². The van der Waals surface area contributed by atoms with Crippen LogP contribution in [0.3, 0.4) is 0 Å². The average molecular weight is 445 g/mol. The molecular formula is C26H29FN6. The van der Waals surface area contributed by atoms with E-state index in [1.54, 1.807) is 12.1 Å². The van der Waals surface area contributed by atoms with Crippen LogP contribution < -0.4 is 4.90 Å². The molecule has 4 heterocycles. The number of hydrogen-bond donors (Lipinski definition) is 1. The van der Waals surface area contributed by atoms with Gasteiger partial charge in [0, 0.05) is 29.7 Å². The highest BCUT2D eigenvalue weighted by Crippen LogP contribution is 2.34. The van der Waals surface area contributed by atoms with Crippen LogP contribution in [0.15, 0.2) is 48.7 Å². The van der Waals surface area contributed by atoms with Gasteiger partial charge < -0.3 is 14.8 Å². The van der Waals surface area contributed by atoms with Gasteiger partial charge in [-0.05, 0) is 75.5 Å². The number of para-hydroxylation sites is 1. The second-order valence-electron chi connectivity index (χ2n) is 9.31. The molecule has 6 rings (SSSR count). The zero-order chi connectivity index (χ0) is 22.4. The third-order valence-electron chi connectivity index (χ3n) is 7.29. The number of anilines is 1. The van der Waals surface area contributed by atoms with Crippen molar-refractivity contribution in [3.8, 4) is 5.69 Å². The van der Waals surface area contributed by atoms with E-state index >= 15 is 0 Å². The largest absolute Gasteiger partial charge is 0.362 e. The molecular weight excluding hydrogens is 415 g/mol. The van der Waals surface area contributed by atoms with E-state index in [-0.39, 0.29) is 5.82 Å². The number of rotatable bonds is 5. The predicted octanol–water partition coefficient (Wildman–Crippen LogP) is 4.79. The molecule has 1 saturated heterocycles. The van der Waals surface area contributed by atoms with Gasteiger partial charge >= 0.3 is 0 Å². The summed E-state index contributed by atoms with van der Waals surface area (Å²) in [5.74, 6) is 2.09. The highest BCUT2D eigenvalue weighted by Gasteiger charge is 2.26. The molecule has 0 bridgehead atoms. The number of piperidine rings is 1. The van der Waals surface area contributed by atoms with Gasteiger partial charge in [0.05, 0.1) is 17.9 Å². The maximum Gasteiger partial charge on any atom is 0.157 e. The van der Waals surface area contributed by atoms with E-state index in [9.17, 15) is 4.39 Å². The van der Waals surface area contributed by atoms with Crippen LogP contribution in [0, 0.1) is 12.7 Å². The summed E-state index contributed by atoms with van der Waals surface area (Å²) < 4.78 is 16.0. The molecule has 7 heteroatoms. The molecule has 0 saturated carbocycles. The Bertz CT molecular complexity index is 1280. The highest BCUT2D eigenvalue weighted by molar-refractivity contribution is 5.83. The smallest absolute Gasteiger partial charge is 0.157 e. The Labute approximate surface area is 193 Å². The van der Waals surface area contributed by atoms with Gasteiger partial charge in [-0.2, -0.15) is 0 Å². The van der Waals surface area contributed by atoms with Crippen molar-refractivity contribution in [2.24, 2.45) is 0 Å². The molecule has 2 aromatic heterocycles. The lowest BCUT2D eigenvalue weighted by atomic mass is 9.89. The second kappa shape index (κ2) is 8.30. The molecule has 2 aromatic carbocycles. The van der Waals surface area contributed by atoms with Gasteiger partial charge in [0.25, 0.3) is 0 Å². The summed E-state index contributed by atoms with van der Waals surface area (Å²) >= 11 is 0. The summed E-state index contributed by atoms with van der Waals surface area (Å²) in [6.07, 6.45) is 5.69. The second-order valence-corrected chi connectivity index (χ2v) is 9.31. The number of likely N-dealkylation sites (tertiary alicyclic amines) is 1. The quantitative estimate of drug-likeness (QED) is 0.481. The summed E-state index contributed by atoms with van der Waals surface area (Å²) in [6, 6.07) is 13.6. The van der Waals surface area contributed by atoms with Gasteiger partial charge in [-0.15, -0.1) is 10.2 Å². The molecule has 6 nitrogen and oxygen atoms in total. The summed E-state index contributed by atoms with van der Waals surface area (Å²) in [5.41, 5.74) is 4.62. The van der Waals surface area contributed by atoms with Crippen molar-refractivity contribution in [2.45, 2.75) is 38.6 Å². The van der Waals surface area contributed by atoms with E-state index in [1.165, 1.54) is 29.3 Å². The molecule has 0 amide bonds. The number of benzene rings is 2. The summed E-state index contributed by atoms with van der Waals surface area (Å²) in [4.78, 5) is 8.34. The molecule has 0 unspecified atom stereocenters. The Morgan fingerprint density at radius 1 is 1.03 bits per heavy atom. The van der Waals surface area contributed by atoms with Crippen molar-refractivity contribution < 1.29 is 4.39 Å². The third-order valence-corrected chi connectivity index (χ3v) is 7.29.